The van der Waals surface area contributed by atoms with E-state index in [0.717, 1.165) is 32.2 Å². The molecule has 0 bridgehead atoms. The van der Waals surface area contributed by atoms with Crippen molar-refractivity contribution >= 4 is 11.8 Å². The van der Waals surface area contributed by atoms with Gasteiger partial charge >= 0.3 is 0 Å². The number of aromatic nitrogens is 2. The average molecular weight is 321 g/mol. The fraction of sp³-hybridized carbons (Fsp3) is 0.733. The van der Waals surface area contributed by atoms with E-state index in [1.807, 2.05) is 4.90 Å². The van der Waals surface area contributed by atoms with Gasteiger partial charge in [0.15, 0.2) is 5.82 Å². The van der Waals surface area contributed by atoms with Crippen molar-refractivity contribution in [2.45, 2.75) is 51.1 Å². The van der Waals surface area contributed by atoms with Gasteiger partial charge in [-0.3, -0.25) is 14.5 Å². The Morgan fingerprint density at radius 2 is 2.26 bits per heavy atom. The maximum absolute atomic E-state index is 12.3. The van der Waals surface area contributed by atoms with E-state index in [2.05, 4.69) is 20.8 Å². The summed E-state index contributed by atoms with van der Waals surface area (Å²) in [5.74, 6) is 0.966. The van der Waals surface area contributed by atoms with E-state index in [1.54, 1.807) is 6.92 Å². The van der Waals surface area contributed by atoms with Gasteiger partial charge in [-0.05, 0) is 38.6 Å². The largest absolute Gasteiger partial charge is 0.354 e. The number of likely N-dealkylation sites (tertiary alicyclic amines) is 1. The molecule has 8 heteroatoms. The first kappa shape index (κ1) is 15.9. The smallest absolute Gasteiger partial charge is 0.242 e. The number of hydrogen-bond donors (Lipinski definition) is 2. The first-order valence-corrected chi connectivity index (χ1v) is 8.25. The Kier molecular flexibility index (Phi) is 4.90. The van der Waals surface area contributed by atoms with Crippen LogP contribution in [0.3, 0.4) is 0 Å². The molecular weight excluding hydrogens is 298 g/mol. The lowest BCUT2D eigenvalue weighted by Gasteiger charge is -2.22. The van der Waals surface area contributed by atoms with Gasteiger partial charge in [0, 0.05) is 13.5 Å². The molecule has 0 saturated carbocycles. The minimum Gasteiger partial charge on any atom is -0.354 e. The number of amides is 2. The van der Waals surface area contributed by atoms with Crippen LogP contribution in [0.5, 0.6) is 0 Å². The molecule has 2 aliphatic rings. The Morgan fingerprint density at radius 1 is 1.39 bits per heavy atom. The van der Waals surface area contributed by atoms with Crippen molar-refractivity contribution in [3.8, 4) is 0 Å². The second-order valence-corrected chi connectivity index (χ2v) is 6.21. The summed E-state index contributed by atoms with van der Waals surface area (Å²) >= 11 is 0. The van der Waals surface area contributed by atoms with Crippen molar-refractivity contribution in [2.75, 3.05) is 19.6 Å². The van der Waals surface area contributed by atoms with Crippen LogP contribution in [-0.2, 0) is 9.59 Å². The predicted molar refractivity (Wildman–Crippen MR) is 81.4 cm³/mol. The molecule has 0 aliphatic carbocycles. The van der Waals surface area contributed by atoms with Crippen LogP contribution in [-0.4, -0.2) is 52.5 Å². The second-order valence-electron chi connectivity index (χ2n) is 6.21. The van der Waals surface area contributed by atoms with Crippen LogP contribution in [0.15, 0.2) is 4.52 Å². The van der Waals surface area contributed by atoms with Crippen LogP contribution >= 0.6 is 0 Å². The van der Waals surface area contributed by atoms with E-state index < -0.39 is 6.04 Å². The molecule has 1 aromatic rings. The van der Waals surface area contributed by atoms with E-state index in [-0.39, 0.29) is 24.4 Å². The molecule has 3 heterocycles. The van der Waals surface area contributed by atoms with Gasteiger partial charge in [0.25, 0.3) is 0 Å². The van der Waals surface area contributed by atoms with Crippen molar-refractivity contribution in [2.24, 2.45) is 0 Å². The topological polar surface area (TPSA) is 100 Å². The Bertz CT molecular complexity index is 573. The Labute approximate surface area is 135 Å². The third-order valence-corrected chi connectivity index (χ3v) is 4.42. The van der Waals surface area contributed by atoms with Crippen molar-refractivity contribution in [1.29, 1.82) is 0 Å². The predicted octanol–water partition coefficient (Wildman–Crippen LogP) is 0.300. The Hall–Kier alpha value is -1.96. The van der Waals surface area contributed by atoms with Gasteiger partial charge in [0.2, 0.25) is 17.7 Å². The monoisotopic (exact) mass is 321 g/mol. The highest BCUT2D eigenvalue weighted by atomic mass is 16.5. The maximum Gasteiger partial charge on any atom is 0.242 e. The van der Waals surface area contributed by atoms with Gasteiger partial charge in [-0.1, -0.05) is 5.16 Å². The highest BCUT2D eigenvalue weighted by Gasteiger charge is 2.32. The minimum absolute atomic E-state index is 0.0150. The molecular formula is C15H23N5O3. The standard InChI is InChI=1S/C15H23N5O3/c1-10-17-14(19-23-10)12-6-4-8-20(12)9-13(21)18-11-5-2-3-7-16-15(11)22/h11-12H,2-9H2,1H3,(H,16,22)(H,18,21)/t11-,12-/m0/s1. The van der Waals surface area contributed by atoms with E-state index in [9.17, 15) is 9.59 Å². The summed E-state index contributed by atoms with van der Waals surface area (Å²) in [5, 5.41) is 9.66. The molecule has 2 atom stereocenters. The number of nitrogens with one attached hydrogen (secondary N) is 2. The van der Waals surface area contributed by atoms with Gasteiger partial charge < -0.3 is 15.2 Å². The zero-order chi connectivity index (χ0) is 16.2. The summed E-state index contributed by atoms with van der Waals surface area (Å²) in [6.07, 6.45) is 4.51. The summed E-state index contributed by atoms with van der Waals surface area (Å²) in [7, 11) is 0. The quantitative estimate of drug-likeness (QED) is 0.827. The number of aryl methyl sites for hydroxylation is 1. The number of carbonyl (C=O) groups is 2. The summed E-state index contributed by atoms with van der Waals surface area (Å²) in [4.78, 5) is 30.5. The minimum atomic E-state index is -0.418. The third kappa shape index (κ3) is 3.87. The van der Waals surface area contributed by atoms with E-state index in [1.165, 1.54) is 0 Å². The normalized spacial score (nSPS) is 25.9. The van der Waals surface area contributed by atoms with Crippen LogP contribution in [0.4, 0.5) is 0 Å². The maximum atomic E-state index is 12.3. The van der Waals surface area contributed by atoms with E-state index in [4.69, 9.17) is 4.52 Å². The fourth-order valence-electron chi connectivity index (χ4n) is 3.26. The van der Waals surface area contributed by atoms with Gasteiger partial charge in [-0.15, -0.1) is 0 Å². The van der Waals surface area contributed by atoms with Gasteiger partial charge in [0.05, 0.1) is 12.6 Å². The zero-order valence-corrected chi connectivity index (χ0v) is 13.4. The first-order valence-electron chi connectivity index (χ1n) is 8.25. The molecule has 8 nitrogen and oxygen atoms in total. The summed E-state index contributed by atoms with van der Waals surface area (Å²) in [6, 6.07) is -0.403. The second kappa shape index (κ2) is 7.08. The van der Waals surface area contributed by atoms with Crippen molar-refractivity contribution in [3.05, 3.63) is 11.7 Å². The average Bonchev–Trinajstić information content (AvgIpc) is 3.09. The molecule has 0 radical (unpaired) electrons. The summed E-state index contributed by atoms with van der Waals surface area (Å²) in [5.41, 5.74) is 0. The molecule has 0 unspecified atom stereocenters. The fourth-order valence-corrected chi connectivity index (χ4v) is 3.26. The third-order valence-electron chi connectivity index (χ3n) is 4.42. The molecule has 0 aromatic carbocycles. The Morgan fingerprint density at radius 3 is 3.04 bits per heavy atom. The molecule has 126 valence electrons. The molecule has 2 aliphatic heterocycles. The number of hydrogen-bond acceptors (Lipinski definition) is 6. The molecule has 23 heavy (non-hydrogen) atoms. The number of rotatable bonds is 4. The van der Waals surface area contributed by atoms with E-state index in [0.29, 0.717) is 24.7 Å². The highest BCUT2D eigenvalue weighted by molar-refractivity contribution is 5.88. The van der Waals surface area contributed by atoms with Crippen LogP contribution in [0.1, 0.15) is 49.9 Å². The van der Waals surface area contributed by atoms with Crippen molar-refractivity contribution < 1.29 is 14.1 Å². The zero-order valence-electron chi connectivity index (χ0n) is 13.4. The lowest BCUT2D eigenvalue weighted by molar-refractivity contribution is -0.129. The van der Waals surface area contributed by atoms with Crippen LogP contribution in [0.25, 0.3) is 0 Å². The lowest BCUT2D eigenvalue weighted by atomic mass is 10.1. The molecule has 2 N–H and O–H groups in total. The highest BCUT2D eigenvalue weighted by Crippen LogP contribution is 2.29. The van der Waals surface area contributed by atoms with Gasteiger partial charge in [0.1, 0.15) is 6.04 Å². The summed E-state index contributed by atoms with van der Waals surface area (Å²) < 4.78 is 5.04. The molecule has 3 rings (SSSR count). The van der Waals surface area contributed by atoms with Gasteiger partial charge in [-0.2, -0.15) is 4.98 Å². The van der Waals surface area contributed by atoms with Crippen LogP contribution in [0.2, 0.25) is 0 Å². The number of nitrogens with zero attached hydrogens (tertiary/aromatic N) is 3. The Balaban J connectivity index is 1.57. The molecule has 1 aromatic heterocycles. The first-order chi connectivity index (χ1) is 11.1. The van der Waals surface area contributed by atoms with E-state index >= 15 is 0 Å². The molecule has 0 spiro atoms. The van der Waals surface area contributed by atoms with Crippen LogP contribution in [0, 0.1) is 6.92 Å². The molecule has 2 amide bonds. The van der Waals surface area contributed by atoms with Gasteiger partial charge in [-0.25, -0.2) is 0 Å². The van der Waals surface area contributed by atoms with Crippen molar-refractivity contribution in [1.82, 2.24) is 25.7 Å². The molecule has 2 fully saturated rings. The summed E-state index contributed by atoms with van der Waals surface area (Å²) in [6.45, 7) is 3.52. The van der Waals surface area contributed by atoms with Crippen molar-refractivity contribution in [3.63, 3.8) is 0 Å². The lowest BCUT2D eigenvalue weighted by Crippen LogP contribution is -2.48. The SMILES string of the molecule is Cc1nc([C@@H]2CCCN2CC(=O)N[C@H]2CCCCNC2=O)no1. The molecule has 2 saturated heterocycles. The number of carbonyl (C=O) groups excluding carboxylic acids is 2. The van der Waals surface area contributed by atoms with Crippen LogP contribution < -0.4 is 10.6 Å².